The second-order valence-corrected chi connectivity index (χ2v) is 8.54. The number of hydrogen-bond acceptors (Lipinski definition) is 8. The fourth-order valence-corrected chi connectivity index (χ4v) is 4.33. The second kappa shape index (κ2) is 8.02. The van der Waals surface area contributed by atoms with Crippen molar-refractivity contribution in [3.8, 4) is 5.75 Å². The Morgan fingerprint density at radius 2 is 1.54 bits per heavy atom. The number of pyridine rings is 1. The van der Waals surface area contributed by atoms with E-state index in [9.17, 15) is 24.3 Å². The third kappa shape index (κ3) is 3.63. The van der Waals surface area contributed by atoms with Gasteiger partial charge >= 0.3 is 5.69 Å². The average molecular weight is 495 g/mol. The van der Waals surface area contributed by atoms with E-state index >= 15 is 0 Å². The van der Waals surface area contributed by atoms with E-state index in [1.165, 1.54) is 12.1 Å². The lowest BCUT2D eigenvalue weighted by molar-refractivity contribution is 0.0642. The molecule has 0 radical (unpaired) electrons. The van der Waals surface area contributed by atoms with E-state index in [0.717, 1.165) is 4.90 Å². The summed E-state index contributed by atoms with van der Waals surface area (Å²) >= 11 is 0. The monoisotopic (exact) mass is 495 g/mol. The molecule has 0 aliphatic carbocycles. The van der Waals surface area contributed by atoms with Crippen molar-refractivity contribution in [2.75, 3.05) is 5.73 Å². The van der Waals surface area contributed by atoms with Crippen LogP contribution in [-0.4, -0.2) is 36.8 Å². The van der Waals surface area contributed by atoms with Crippen LogP contribution in [0.25, 0.3) is 21.9 Å². The van der Waals surface area contributed by atoms with E-state index in [-0.39, 0.29) is 34.4 Å². The summed E-state index contributed by atoms with van der Waals surface area (Å²) in [5.74, 6) is -1.31. The molecule has 0 unspecified atom stereocenters. The molecule has 1 aliphatic heterocycles. The number of carbonyl (C=O) groups is 2. The van der Waals surface area contributed by atoms with Gasteiger partial charge in [-0.1, -0.05) is 6.07 Å². The number of hydrogen-bond donors (Lipinski definition) is 5. The zero-order valence-corrected chi connectivity index (χ0v) is 18.9. The van der Waals surface area contributed by atoms with E-state index in [4.69, 9.17) is 5.73 Å². The Hall–Kier alpha value is -5.52. The molecule has 37 heavy (non-hydrogen) atoms. The third-order valence-electron chi connectivity index (χ3n) is 6.13. The number of imide groups is 1. The summed E-state index contributed by atoms with van der Waals surface area (Å²) in [6, 6.07) is 14.1. The second-order valence-electron chi connectivity index (χ2n) is 8.54. The van der Waals surface area contributed by atoms with Crippen LogP contribution in [0.3, 0.4) is 0 Å². The number of carbonyl (C=O) groups excluding carboxylic acids is 2. The van der Waals surface area contributed by atoms with E-state index in [2.05, 4.69) is 25.2 Å². The standard InChI is InChI=1S/C25H17N7O5/c26-12-2-4-14-15(8-12)24(36)32(23(14)35)10-11-1-5-17-16(7-11)21(33)20(22(34)27-17)31-30-13-3-6-18-19(9-13)29-25(37)28-18/h1-9H,10,26H2,(H2,27,33,34)(H2,28,29,37). The maximum atomic E-state index is 12.8. The highest BCUT2D eigenvalue weighted by atomic mass is 16.3. The topological polar surface area (TPSA) is 190 Å². The number of aromatic nitrogens is 3. The van der Waals surface area contributed by atoms with Gasteiger partial charge in [-0.05, 0) is 54.1 Å². The minimum absolute atomic E-state index is 0.0491. The molecular formula is C25H17N7O5. The number of nitrogens with two attached hydrogens (primary N) is 1. The van der Waals surface area contributed by atoms with Crippen LogP contribution >= 0.6 is 0 Å². The van der Waals surface area contributed by atoms with Crippen molar-refractivity contribution < 1.29 is 14.7 Å². The van der Waals surface area contributed by atoms with Crippen molar-refractivity contribution in [2.24, 2.45) is 10.2 Å². The Kier molecular flexibility index (Phi) is 4.76. The molecule has 0 saturated heterocycles. The van der Waals surface area contributed by atoms with Gasteiger partial charge in [-0.15, -0.1) is 5.11 Å². The summed E-state index contributed by atoms with van der Waals surface area (Å²) in [4.78, 5) is 58.5. The molecule has 3 heterocycles. The van der Waals surface area contributed by atoms with Crippen LogP contribution in [0.2, 0.25) is 0 Å². The molecule has 6 rings (SSSR count). The summed E-state index contributed by atoms with van der Waals surface area (Å²) in [5, 5.41) is 19.1. The van der Waals surface area contributed by atoms with Crippen molar-refractivity contribution in [3.05, 3.63) is 92.1 Å². The summed E-state index contributed by atoms with van der Waals surface area (Å²) in [7, 11) is 0. The van der Waals surface area contributed by atoms with Crippen molar-refractivity contribution in [1.29, 1.82) is 0 Å². The van der Waals surface area contributed by atoms with Crippen LogP contribution in [0.1, 0.15) is 26.3 Å². The zero-order valence-electron chi connectivity index (χ0n) is 18.9. The Morgan fingerprint density at radius 3 is 2.38 bits per heavy atom. The number of azo groups is 1. The highest BCUT2D eigenvalue weighted by Gasteiger charge is 2.35. The number of H-pyrrole nitrogens is 3. The molecule has 0 bridgehead atoms. The van der Waals surface area contributed by atoms with Gasteiger partial charge in [-0.3, -0.25) is 19.3 Å². The van der Waals surface area contributed by atoms with Gasteiger partial charge < -0.3 is 25.8 Å². The third-order valence-corrected chi connectivity index (χ3v) is 6.13. The van der Waals surface area contributed by atoms with Gasteiger partial charge in [0.25, 0.3) is 17.4 Å². The predicted molar refractivity (Wildman–Crippen MR) is 134 cm³/mol. The lowest BCUT2D eigenvalue weighted by Crippen LogP contribution is -2.29. The van der Waals surface area contributed by atoms with Gasteiger partial charge in [0.05, 0.1) is 39.9 Å². The molecule has 0 atom stereocenters. The van der Waals surface area contributed by atoms with E-state index in [1.807, 2.05) is 0 Å². The molecule has 12 nitrogen and oxygen atoms in total. The number of anilines is 1. The minimum Gasteiger partial charge on any atom is -0.505 e. The van der Waals surface area contributed by atoms with E-state index < -0.39 is 23.1 Å². The molecular weight excluding hydrogens is 478 g/mol. The average Bonchev–Trinajstić information content (AvgIpc) is 3.35. The van der Waals surface area contributed by atoms with Crippen LogP contribution < -0.4 is 17.0 Å². The maximum absolute atomic E-state index is 12.8. The van der Waals surface area contributed by atoms with E-state index in [1.54, 1.807) is 42.5 Å². The van der Waals surface area contributed by atoms with Crippen molar-refractivity contribution >= 4 is 50.8 Å². The van der Waals surface area contributed by atoms with Gasteiger partial charge in [0.15, 0.2) is 11.4 Å². The number of rotatable bonds is 4. The van der Waals surface area contributed by atoms with E-state index in [0.29, 0.717) is 33.5 Å². The quantitative estimate of drug-likeness (QED) is 0.144. The highest BCUT2D eigenvalue weighted by Crippen LogP contribution is 2.33. The molecule has 182 valence electrons. The lowest BCUT2D eigenvalue weighted by Gasteiger charge is -2.14. The smallest absolute Gasteiger partial charge is 0.323 e. The normalized spacial score (nSPS) is 13.4. The van der Waals surface area contributed by atoms with Gasteiger partial charge in [0, 0.05) is 11.1 Å². The maximum Gasteiger partial charge on any atom is 0.323 e. The molecule has 6 N–H and O–H groups in total. The summed E-state index contributed by atoms with van der Waals surface area (Å²) in [5.41, 5.74) is 7.64. The van der Waals surface area contributed by atoms with Crippen LogP contribution in [0, 0.1) is 0 Å². The molecule has 0 saturated carbocycles. The van der Waals surface area contributed by atoms with Crippen LogP contribution in [0.5, 0.6) is 5.75 Å². The van der Waals surface area contributed by atoms with Crippen molar-refractivity contribution in [2.45, 2.75) is 6.54 Å². The molecule has 2 aromatic heterocycles. The first-order valence-electron chi connectivity index (χ1n) is 11.1. The number of nitrogens with zero attached hydrogens (tertiary/aromatic N) is 3. The van der Waals surface area contributed by atoms with Crippen LogP contribution in [-0.2, 0) is 6.54 Å². The Labute approximate surface area is 206 Å². The molecule has 0 fully saturated rings. The number of amides is 2. The highest BCUT2D eigenvalue weighted by molar-refractivity contribution is 6.21. The summed E-state index contributed by atoms with van der Waals surface area (Å²) < 4.78 is 0. The summed E-state index contributed by atoms with van der Waals surface area (Å²) in [6.45, 7) is -0.0491. The van der Waals surface area contributed by atoms with Gasteiger partial charge in [-0.25, -0.2) is 4.79 Å². The first kappa shape index (κ1) is 22.0. The van der Waals surface area contributed by atoms with Gasteiger partial charge in [-0.2, -0.15) is 5.11 Å². The fraction of sp³-hybridized carbons (Fsp3) is 0.0400. The SMILES string of the molecule is Nc1ccc2c(c1)C(=O)N(Cc1ccc3[nH]c(=O)c(N=Nc4ccc5[nH]c(=O)[nH]c5c4)c(O)c3c1)C2=O. The molecule has 0 spiro atoms. The molecule has 1 aliphatic rings. The molecule has 5 aromatic rings. The predicted octanol–water partition coefficient (Wildman–Crippen LogP) is 3.20. The number of nitrogen functional groups attached to an aromatic ring is 1. The zero-order chi connectivity index (χ0) is 25.8. The number of aromatic hydroxyl groups is 1. The fourth-order valence-electron chi connectivity index (χ4n) is 4.33. The van der Waals surface area contributed by atoms with Gasteiger partial charge in [0.1, 0.15) is 0 Å². The van der Waals surface area contributed by atoms with Crippen LogP contribution in [0.4, 0.5) is 17.1 Å². The summed E-state index contributed by atoms with van der Waals surface area (Å²) in [6.07, 6.45) is 0. The molecule has 3 aromatic carbocycles. The van der Waals surface area contributed by atoms with Crippen molar-refractivity contribution in [1.82, 2.24) is 19.9 Å². The number of aromatic amines is 3. The first-order valence-corrected chi connectivity index (χ1v) is 11.1. The van der Waals surface area contributed by atoms with Crippen molar-refractivity contribution in [3.63, 3.8) is 0 Å². The number of fused-ring (bicyclic) bond motifs is 3. The number of benzene rings is 3. The van der Waals surface area contributed by atoms with Crippen LogP contribution in [0.15, 0.2) is 74.4 Å². The lowest BCUT2D eigenvalue weighted by atomic mass is 10.1. The molecule has 2 amide bonds. The Bertz CT molecular complexity index is 1930. The Morgan fingerprint density at radius 1 is 0.784 bits per heavy atom. The van der Waals surface area contributed by atoms with Gasteiger partial charge in [0.2, 0.25) is 0 Å². The largest absolute Gasteiger partial charge is 0.505 e. The first-order chi connectivity index (χ1) is 17.8. The number of imidazole rings is 1. The number of nitrogens with one attached hydrogen (secondary N) is 3. The molecule has 12 heteroatoms. The minimum atomic E-state index is -0.657. The Balaban J connectivity index is 1.34.